The minimum absolute atomic E-state index is 0.257. The fraction of sp³-hybridized carbons (Fsp3) is 0.429. The maximum atomic E-state index is 6.26. The highest BCUT2D eigenvalue weighted by Crippen LogP contribution is 2.32. The molecule has 3 rings (SSSR count). The van der Waals surface area contributed by atoms with Crippen LogP contribution >= 0.6 is 34.8 Å². The molecule has 0 unspecified atom stereocenters. The first-order chi connectivity index (χ1) is 9.97. The van der Waals surface area contributed by atoms with E-state index >= 15 is 0 Å². The van der Waals surface area contributed by atoms with E-state index in [1.807, 2.05) is 6.33 Å². The Balaban J connectivity index is 2.10. The summed E-state index contributed by atoms with van der Waals surface area (Å²) in [6, 6.07) is 3.57. The van der Waals surface area contributed by atoms with E-state index in [1.165, 1.54) is 0 Å². The number of nitrogens with zero attached hydrogens (tertiary/aromatic N) is 3. The zero-order chi connectivity index (χ0) is 15.1. The fourth-order valence-electron chi connectivity index (χ4n) is 2.49. The monoisotopic (exact) mass is 346 g/mol. The standard InChI is InChI=1S/C14H15Cl3N3O/c1-8(2)12-5-21-6-13-18-20(7-19(12)13)14-10(16)3-9(15)4-11(14)17/h3-4,7-8,12H,5-6H2,1-2H3/q+1/t12-/m1/s1. The molecule has 0 spiro atoms. The smallest absolute Gasteiger partial charge is 0.304 e. The molecule has 1 aliphatic heterocycles. The van der Waals surface area contributed by atoms with Gasteiger partial charge in [0.05, 0.1) is 16.7 Å². The Kier molecular flexibility index (Phi) is 4.14. The summed E-state index contributed by atoms with van der Waals surface area (Å²) in [5.41, 5.74) is 0.632. The average molecular weight is 348 g/mol. The van der Waals surface area contributed by atoms with Crippen LogP contribution in [0, 0.1) is 5.92 Å². The van der Waals surface area contributed by atoms with Crippen LogP contribution in [0.5, 0.6) is 0 Å². The molecule has 2 heterocycles. The fourth-order valence-corrected chi connectivity index (χ4v) is 3.48. The number of aromatic nitrogens is 3. The van der Waals surface area contributed by atoms with E-state index in [0.29, 0.717) is 39.9 Å². The van der Waals surface area contributed by atoms with Gasteiger partial charge in [-0.25, -0.2) is 4.57 Å². The molecule has 0 amide bonds. The molecule has 0 saturated heterocycles. The lowest BCUT2D eigenvalue weighted by atomic mass is 10.0. The van der Waals surface area contributed by atoms with Crippen molar-refractivity contribution >= 4 is 34.8 Å². The SMILES string of the molecule is CC(C)[C@H]1COCc2nn(-c3c(Cl)cc(Cl)cc3Cl)c[n+]21. The van der Waals surface area contributed by atoms with E-state index in [-0.39, 0.29) is 6.04 Å². The van der Waals surface area contributed by atoms with E-state index in [2.05, 4.69) is 23.5 Å². The van der Waals surface area contributed by atoms with Crippen molar-refractivity contribution in [3.05, 3.63) is 39.4 Å². The van der Waals surface area contributed by atoms with Crippen molar-refractivity contribution in [1.29, 1.82) is 0 Å². The number of rotatable bonds is 2. The summed E-state index contributed by atoms with van der Waals surface area (Å²) in [6.45, 7) is 5.49. The molecule has 1 aliphatic rings. The molecule has 1 aromatic heterocycles. The zero-order valence-corrected chi connectivity index (χ0v) is 14.0. The Hall–Kier alpha value is -0.810. The number of hydrogen-bond donors (Lipinski definition) is 0. The maximum Gasteiger partial charge on any atom is 0.304 e. The Bertz CT molecular complexity index is 661. The summed E-state index contributed by atoms with van der Waals surface area (Å²) in [5, 5.41) is 5.98. The van der Waals surface area contributed by atoms with Crippen molar-refractivity contribution in [1.82, 2.24) is 9.78 Å². The van der Waals surface area contributed by atoms with Crippen molar-refractivity contribution in [2.75, 3.05) is 6.61 Å². The topological polar surface area (TPSA) is 30.9 Å². The van der Waals surface area contributed by atoms with Gasteiger partial charge >= 0.3 is 5.82 Å². The molecule has 21 heavy (non-hydrogen) atoms. The molecule has 7 heteroatoms. The lowest BCUT2D eigenvalue weighted by Crippen LogP contribution is -2.49. The van der Waals surface area contributed by atoms with Crippen LogP contribution in [-0.4, -0.2) is 16.4 Å². The van der Waals surface area contributed by atoms with E-state index < -0.39 is 0 Å². The highest BCUT2D eigenvalue weighted by Gasteiger charge is 2.32. The Morgan fingerprint density at radius 1 is 1.29 bits per heavy atom. The first-order valence-corrected chi connectivity index (χ1v) is 7.83. The summed E-state index contributed by atoms with van der Waals surface area (Å²) < 4.78 is 9.44. The van der Waals surface area contributed by atoms with E-state index in [4.69, 9.17) is 39.5 Å². The molecule has 0 radical (unpaired) electrons. The molecule has 1 atom stereocenters. The van der Waals surface area contributed by atoms with Gasteiger partial charge in [-0.1, -0.05) is 53.3 Å². The summed E-state index contributed by atoms with van der Waals surface area (Å²) in [4.78, 5) is 0. The minimum Gasteiger partial charge on any atom is -0.367 e. The lowest BCUT2D eigenvalue weighted by molar-refractivity contribution is -0.749. The van der Waals surface area contributed by atoms with Crippen molar-refractivity contribution in [3.63, 3.8) is 0 Å². The molecule has 0 saturated carbocycles. The maximum absolute atomic E-state index is 6.26. The van der Waals surface area contributed by atoms with Gasteiger partial charge in [-0.2, -0.15) is 0 Å². The van der Waals surface area contributed by atoms with Crippen LogP contribution in [0.15, 0.2) is 18.5 Å². The Labute approximate surface area is 138 Å². The van der Waals surface area contributed by atoms with Crippen LogP contribution in [0.1, 0.15) is 25.7 Å². The largest absolute Gasteiger partial charge is 0.367 e. The van der Waals surface area contributed by atoms with Gasteiger partial charge in [0.15, 0.2) is 5.69 Å². The molecule has 4 nitrogen and oxygen atoms in total. The molecular weight excluding hydrogens is 333 g/mol. The van der Waals surface area contributed by atoms with E-state index in [1.54, 1.807) is 16.8 Å². The van der Waals surface area contributed by atoms with Gasteiger partial charge in [0, 0.05) is 10.1 Å². The van der Waals surface area contributed by atoms with Crippen LogP contribution in [-0.2, 0) is 11.3 Å². The quantitative estimate of drug-likeness (QED) is 0.773. The highest BCUT2D eigenvalue weighted by atomic mass is 35.5. The summed E-state index contributed by atoms with van der Waals surface area (Å²) in [6.07, 6.45) is 1.92. The van der Waals surface area contributed by atoms with Gasteiger partial charge in [0.1, 0.15) is 12.6 Å². The number of benzene rings is 1. The van der Waals surface area contributed by atoms with Crippen LogP contribution in [0.3, 0.4) is 0 Å². The van der Waals surface area contributed by atoms with Crippen molar-refractivity contribution < 1.29 is 9.30 Å². The average Bonchev–Trinajstić information content (AvgIpc) is 2.79. The number of ether oxygens (including phenoxy) is 1. The van der Waals surface area contributed by atoms with Crippen LogP contribution in [0.4, 0.5) is 0 Å². The van der Waals surface area contributed by atoms with Crippen LogP contribution in [0.25, 0.3) is 5.69 Å². The summed E-state index contributed by atoms with van der Waals surface area (Å²) in [7, 11) is 0. The third kappa shape index (κ3) is 2.78. The van der Waals surface area contributed by atoms with Crippen LogP contribution < -0.4 is 4.57 Å². The second-order valence-electron chi connectivity index (χ2n) is 5.43. The number of hydrogen-bond acceptors (Lipinski definition) is 2. The summed E-state index contributed by atoms with van der Waals surface area (Å²) in [5.74, 6) is 1.31. The molecule has 112 valence electrons. The molecule has 0 aliphatic carbocycles. The highest BCUT2D eigenvalue weighted by molar-refractivity contribution is 6.40. The first-order valence-electron chi connectivity index (χ1n) is 6.69. The van der Waals surface area contributed by atoms with Crippen LogP contribution in [0.2, 0.25) is 15.1 Å². The van der Waals surface area contributed by atoms with E-state index in [9.17, 15) is 0 Å². The normalized spacial score (nSPS) is 18.1. The Morgan fingerprint density at radius 3 is 2.57 bits per heavy atom. The number of fused-ring (bicyclic) bond motifs is 1. The van der Waals surface area contributed by atoms with Crippen molar-refractivity contribution in [3.8, 4) is 5.69 Å². The van der Waals surface area contributed by atoms with Gasteiger partial charge in [-0.05, 0) is 18.1 Å². The van der Waals surface area contributed by atoms with Gasteiger partial charge in [-0.3, -0.25) is 0 Å². The van der Waals surface area contributed by atoms with Gasteiger partial charge < -0.3 is 4.74 Å². The minimum atomic E-state index is 0.257. The van der Waals surface area contributed by atoms with Gasteiger partial charge in [0.2, 0.25) is 6.33 Å². The molecule has 0 N–H and O–H groups in total. The lowest BCUT2D eigenvalue weighted by Gasteiger charge is -2.22. The first kappa shape index (κ1) is 15.1. The molecule has 0 fully saturated rings. The molecule has 1 aromatic carbocycles. The molecule has 2 aromatic rings. The molecular formula is C14H15Cl3N3O+. The zero-order valence-electron chi connectivity index (χ0n) is 11.7. The molecule has 0 bridgehead atoms. The van der Waals surface area contributed by atoms with Gasteiger partial charge in [-0.15, -0.1) is 0 Å². The third-order valence-corrected chi connectivity index (χ3v) is 4.41. The second-order valence-corrected chi connectivity index (χ2v) is 6.68. The second kappa shape index (κ2) is 5.76. The third-order valence-electron chi connectivity index (χ3n) is 3.61. The summed E-state index contributed by atoms with van der Waals surface area (Å²) >= 11 is 18.5. The predicted molar refractivity (Wildman–Crippen MR) is 82.3 cm³/mol. The number of halogens is 3. The predicted octanol–water partition coefficient (Wildman–Crippen LogP) is 3.85. The van der Waals surface area contributed by atoms with E-state index in [0.717, 1.165) is 5.82 Å². The Morgan fingerprint density at radius 2 is 1.95 bits per heavy atom. The van der Waals surface area contributed by atoms with Crippen molar-refractivity contribution in [2.24, 2.45) is 5.92 Å². The van der Waals surface area contributed by atoms with Gasteiger partial charge in [0.25, 0.3) is 0 Å². The van der Waals surface area contributed by atoms with Crippen molar-refractivity contribution in [2.45, 2.75) is 26.5 Å².